The van der Waals surface area contributed by atoms with Gasteiger partial charge in [0.05, 0.1) is 12.7 Å². The van der Waals surface area contributed by atoms with Crippen molar-refractivity contribution in [2.75, 3.05) is 6.54 Å². The lowest BCUT2D eigenvalue weighted by Gasteiger charge is -2.34. The Morgan fingerprint density at radius 3 is 2.75 bits per heavy atom. The molecule has 0 atom stereocenters. The van der Waals surface area contributed by atoms with Crippen LogP contribution in [-0.2, 0) is 11.3 Å². The number of ether oxygens (including phenoxy) is 1. The van der Waals surface area contributed by atoms with Crippen molar-refractivity contribution in [3.63, 3.8) is 0 Å². The van der Waals surface area contributed by atoms with E-state index < -0.39 is 0 Å². The average Bonchev–Trinajstić information content (AvgIpc) is 2.14. The van der Waals surface area contributed by atoms with Gasteiger partial charge < -0.3 is 10.5 Å². The minimum atomic E-state index is -0.235. The van der Waals surface area contributed by atoms with Gasteiger partial charge in [0, 0.05) is 4.47 Å². The molecule has 2 N–H and O–H groups in total. The molecule has 4 heteroatoms. The number of hydrogen-bond acceptors (Lipinski definition) is 2. The maximum absolute atomic E-state index is 13.1. The van der Waals surface area contributed by atoms with Gasteiger partial charge in [-0.2, -0.15) is 0 Å². The number of rotatable bonds is 4. The van der Waals surface area contributed by atoms with E-state index in [1.165, 1.54) is 12.1 Å². The molecule has 1 aliphatic carbocycles. The van der Waals surface area contributed by atoms with Crippen molar-refractivity contribution in [1.29, 1.82) is 0 Å². The Bertz CT molecular complexity index is 346. The predicted molar refractivity (Wildman–Crippen MR) is 64.5 cm³/mol. The predicted octanol–water partition coefficient (Wildman–Crippen LogP) is 2.84. The van der Waals surface area contributed by atoms with Gasteiger partial charge in [0.2, 0.25) is 0 Å². The fourth-order valence-electron chi connectivity index (χ4n) is 1.91. The normalized spacial score (nSPS) is 24.2. The Kier molecular flexibility index (Phi) is 3.95. The molecule has 0 spiro atoms. The second kappa shape index (κ2) is 5.25. The highest BCUT2D eigenvalue weighted by atomic mass is 79.9. The van der Waals surface area contributed by atoms with E-state index in [9.17, 15) is 4.39 Å². The summed E-state index contributed by atoms with van der Waals surface area (Å²) in [5.41, 5.74) is 6.40. The Balaban J connectivity index is 1.81. The molecule has 2 rings (SSSR count). The van der Waals surface area contributed by atoms with Gasteiger partial charge >= 0.3 is 0 Å². The molecule has 2 nitrogen and oxygen atoms in total. The average molecular weight is 288 g/mol. The molecule has 1 fully saturated rings. The summed E-state index contributed by atoms with van der Waals surface area (Å²) in [6.07, 6.45) is 2.37. The summed E-state index contributed by atoms with van der Waals surface area (Å²) in [5.74, 6) is 0.380. The highest BCUT2D eigenvalue weighted by Crippen LogP contribution is 2.29. The van der Waals surface area contributed by atoms with E-state index in [2.05, 4.69) is 15.9 Å². The first-order chi connectivity index (χ1) is 7.67. The smallest absolute Gasteiger partial charge is 0.124 e. The van der Waals surface area contributed by atoms with Crippen LogP contribution in [0, 0.1) is 11.7 Å². The molecule has 0 saturated heterocycles. The van der Waals surface area contributed by atoms with Crippen molar-refractivity contribution in [3.05, 3.63) is 34.1 Å². The summed E-state index contributed by atoms with van der Waals surface area (Å²) < 4.78 is 19.5. The van der Waals surface area contributed by atoms with Crippen LogP contribution in [0.1, 0.15) is 18.4 Å². The lowest BCUT2D eigenvalue weighted by Crippen LogP contribution is -2.35. The molecule has 88 valence electrons. The maximum Gasteiger partial charge on any atom is 0.124 e. The van der Waals surface area contributed by atoms with Crippen LogP contribution in [0.4, 0.5) is 4.39 Å². The first kappa shape index (κ1) is 12.0. The zero-order valence-corrected chi connectivity index (χ0v) is 10.5. The molecule has 1 aromatic carbocycles. The van der Waals surface area contributed by atoms with Crippen molar-refractivity contribution in [2.24, 2.45) is 11.7 Å². The molecule has 0 aromatic heterocycles. The van der Waals surface area contributed by atoms with Gasteiger partial charge in [-0.05, 0) is 49.1 Å². The van der Waals surface area contributed by atoms with Gasteiger partial charge in [-0.3, -0.25) is 0 Å². The molecule has 0 aliphatic heterocycles. The van der Waals surface area contributed by atoms with Crippen molar-refractivity contribution in [1.82, 2.24) is 0 Å². The molecule has 0 radical (unpaired) electrons. The van der Waals surface area contributed by atoms with Crippen LogP contribution >= 0.6 is 15.9 Å². The van der Waals surface area contributed by atoms with Crippen LogP contribution in [0.2, 0.25) is 0 Å². The Morgan fingerprint density at radius 2 is 2.12 bits per heavy atom. The second-order valence-corrected chi connectivity index (χ2v) is 5.20. The molecule has 0 heterocycles. The quantitative estimate of drug-likeness (QED) is 0.924. The van der Waals surface area contributed by atoms with E-state index >= 15 is 0 Å². The molecule has 1 aliphatic rings. The summed E-state index contributed by atoms with van der Waals surface area (Å²) in [6, 6.07) is 4.82. The van der Waals surface area contributed by atoms with Crippen LogP contribution in [0.15, 0.2) is 22.7 Å². The molecule has 1 saturated carbocycles. The van der Waals surface area contributed by atoms with Crippen LogP contribution in [0.5, 0.6) is 0 Å². The van der Waals surface area contributed by atoms with E-state index in [-0.39, 0.29) is 5.82 Å². The van der Waals surface area contributed by atoms with Gasteiger partial charge in [-0.25, -0.2) is 4.39 Å². The van der Waals surface area contributed by atoms with Crippen molar-refractivity contribution >= 4 is 15.9 Å². The highest BCUT2D eigenvalue weighted by Gasteiger charge is 2.28. The summed E-state index contributed by atoms with van der Waals surface area (Å²) >= 11 is 3.26. The second-order valence-electron chi connectivity index (χ2n) is 4.28. The zero-order chi connectivity index (χ0) is 11.5. The first-order valence-corrected chi connectivity index (χ1v) is 6.23. The van der Waals surface area contributed by atoms with Gasteiger partial charge in [0.1, 0.15) is 5.82 Å². The van der Waals surface area contributed by atoms with Gasteiger partial charge in [-0.1, -0.05) is 15.9 Å². The van der Waals surface area contributed by atoms with Crippen molar-refractivity contribution < 1.29 is 9.13 Å². The minimum absolute atomic E-state index is 0.235. The minimum Gasteiger partial charge on any atom is -0.374 e. The summed E-state index contributed by atoms with van der Waals surface area (Å²) in [7, 11) is 0. The summed E-state index contributed by atoms with van der Waals surface area (Å²) in [4.78, 5) is 0. The van der Waals surface area contributed by atoms with E-state index in [4.69, 9.17) is 10.5 Å². The summed E-state index contributed by atoms with van der Waals surface area (Å²) in [6.45, 7) is 1.21. The van der Waals surface area contributed by atoms with Gasteiger partial charge in [0.25, 0.3) is 0 Å². The number of nitrogens with two attached hydrogens (primary N) is 1. The molecular formula is C12H15BrFNO. The van der Waals surface area contributed by atoms with Crippen molar-refractivity contribution in [2.45, 2.75) is 25.6 Å². The summed E-state index contributed by atoms with van der Waals surface area (Å²) in [5, 5.41) is 0. The monoisotopic (exact) mass is 287 g/mol. The Morgan fingerprint density at radius 1 is 1.38 bits per heavy atom. The third-order valence-corrected chi connectivity index (χ3v) is 3.39. The molecule has 1 aromatic rings. The van der Waals surface area contributed by atoms with Crippen LogP contribution in [0.25, 0.3) is 0 Å². The number of halogens is 2. The van der Waals surface area contributed by atoms with Crippen LogP contribution < -0.4 is 5.73 Å². The molecule has 0 unspecified atom stereocenters. The molecular weight excluding hydrogens is 273 g/mol. The third kappa shape index (κ3) is 3.03. The topological polar surface area (TPSA) is 35.2 Å². The van der Waals surface area contributed by atoms with Crippen molar-refractivity contribution in [3.8, 4) is 0 Å². The Hall–Kier alpha value is -0.450. The lowest BCUT2D eigenvalue weighted by atomic mass is 9.82. The zero-order valence-electron chi connectivity index (χ0n) is 8.96. The SMILES string of the molecule is NCC1CC(OCc2cc(F)cc(Br)c2)C1. The van der Waals surface area contributed by atoms with Gasteiger partial charge in [0.15, 0.2) is 0 Å². The fraction of sp³-hybridized carbons (Fsp3) is 0.500. The first-order valence-electron chi connectivity index (χ1n) is 5.44. The van der Waals surface area contributed by atoms with E-state index in [0.717, 1.165) is 29.4 Å². The van der Waals surface area contributed by atoms with E-state index in [1.807, 2.05) is 6.07 Å². The molecule has 0 amide bonds. The van der Waals surface area contributed by atoms with Gasteiger partial charge in [-0.15, -0.1) is 0 Å². The third-order valence-electron chi connectivity index (χ3n) is 2.93. The molecule has 0 bridgehead atoms. The van der Waals surface area contributed by atoms with E-state index in [0.29, 0.717) is 18.6 Å². The largest absolute Gasteiger partial charge is 0.374 e. The Labute approximate surface area is 103 Å². The number of hydrogen-bond donors (Lipinski definition) is 1. The van der Waals surface area contributed by atoms with Crippen LogP contribution in [0.3, 0.4) is 0 Å². The van der Waals surface area contributed by atoms with Crippen LogP contribution in [-0.4, -0.2) is 12.6 Å². The number of benzene rings is 1. The maximum atomic E-state index is 13.1. The standard InChI is InChI=1S/C12H15BrFNO/c13-10-1-9(2-11(14)5-10)7-16-12-3-8(4-12)6-15/h1-2,5,8,12H,3-4,6-7,15H2. The lowest BCUT2D eigenvalue weighted by molar-refractivity contribution is -0.0376. The highest BCUT2D eigenvalue weighted by molar-refractivity contribution is 9.10. The molecule has 16 heavy (non-hydrogen) atoms. The fourth-order valence-corrected chi connectivity index (χ4v) is 2.42. The van der Waals surface area contributed by atoms with E-state index in [1.54, 1.807) is 0 Å².